The van der Waals surface area contributed by atoms with Crippen LogP contribution in [-0.2, 0) is 6.18 Å². The van der Waals surface area contributed by atoms with Crippen LogP contribution in [0.25, 0.3) is 0 Å². The molecule has 1 heterocycles. The zero-order chi connectivity index (χ0) is 13.9. The first-order chi connectivity index (χ1) is 9.00. The van der Waals surface area contributed by atoms with E-state index >= 15 is 0 Å². The Morgan fingerprint density at radius 1 is 1.05 bits per heavy atom. The lowest BCUT2D eigenvalue weighted by Crippen LogP contribution is -2.10. The van der Waals surface area contributed by atoms with E-state index in [1.165, 1.54) is 0 Å². The Labute approximate surface area is 107 Å². The number of para-hydroxylation sites is 1. The first kappa shape index (κ1) is 12.9. The number of hydrogen-bond acceptors (Lipinski definition) is 3. The van der Waals surface area contributed by atoms with E-state index in [0.29, 0.717) is 5.69 Å². The molecular formula is C13H8F3N3. The van der Waals surface area contributed by atoms with Crippen LogP contribution in [0.2, 0.25) is 0 Å². The van der Waals surface area contributed by atoms with Crippen molar-refractivity contribution in [1.29, 1.82) is 5.26 Å². The molecule has 0 radical (unpaired) electrons. The summed E-state index contributed by atoms with van der Waals surface area (Å²) in [5.41, 5.74) is -0.424. The van der Waals surface area contributed by atoms with E-state index in [1.807, 2.05) is 0 Å². The van der Waals surface area contributed by atoms with Gasteiger partial charge in [-0.15, -0.1) is 0 Å². The molecule has 0 spiro atoms. The van der Waals surface area contributed by atoms with Crippen LogP contribution in [-0.4, -0.2) is 4.98 Å². The molecule has 0 saturated heterocycles. The van der Waals surface area contributed by atoms with E-state index in [-0.39, 0.29) is 11.4 Å². The van der Waals surface area contributed by atoms with Gasteiger partial charge < -0.3 is 5.32 Å². The average molecular weight is 263 g/mol. The zero-order valence-electron chi connectivity index (χ0n) is 9.57. The van der Waals surface area contributed by atoms with Crippen molar-refractivity contribution >= 4 is 11.5 Å². The second-order valence-electron chi connectivity index (χ2n) is 3.69. The molecule has 1 aromatic heterocycles. The van der Waals surface area contributed by atoms with Crippen LogP contribution in [0.15, 0.2) is 42.5 Å². The predicted molar refractivity (Wildman–Crippen MR) is 63.7 cm³/mol. The van der Waals surface area contributed by atoms with Gasteiger partial charge in [0.05, 0.1) is 5.56 Å². The minimum absolute atomic E-state index is 0.0526. The van der Waals surface area contributed by atoms with Gasteiger partial charge in [-0.1, -0.05) is 18.2 Å². The molecule has 0 amide bonds. The van der Waals surface area contributed by atoms with Gasteiger partial charge in [-0.3, -0.25) is 0 Å². The second-order valence-corrected chi connectivity index (χ2v) is 3.69. The van der Waals surface area contributed by atoms with Crippen molar-refractivity contribution in [3.63, 3.8) is 0 Å². The topological polar surface area (TPSA) is 48.7 Å². The van der Waals surface area contributed by atoms with Gasteiger partial charge in [0, 0.05) is 5.69 Å². The van der Waals surface area contributed by atoms with Gasteiger partial charge in [-0.25, -0.2) is 4.98 Å². The van der Waals surface area contributed by atoms with Gasteiger partial charge in [0.1, 0.15) is 17.6 Å². The molecule has 0 atom stereocenters. The maximum atomic E-state index is 12.6. The van der Waals surface area contributed by atoms with E-state index in [2.05, 4.69) is 10.3 Å². The van der Waals surface area contributed by atoms with Crippen LogP contribution in [0, 0.1) is 11.3 Å². The van der Waals surface area contributed by atoms with E-state index in [4.69, 9.17) is 5.26 Å². The third-order valence-corrected chi connectivity index (χ3v) is 2.34. The fraction of sp³-hybridized carbons (Fsp3) is 0.0769. The summed E-state index contributed by atoms with van der Waals surface area (Å²) in [5.74, 6) is -0.108. The number of halogens is 3. The molecular weight excluding hydrogens is 255 g/mol. The lowest BCUT2D eigenvalue weighted by molar-refractivity contribution is -0.141. The van der Waals surface area contributed by atoms with E-state index < -0.39 is 11.9 Å². The van der Waals surface area contributed by atoms with Crippen molar-refractivity contribution in [2.75, 3.05) is 5.32 Å². The van der Waals surface area contributed by atoms with Crippen molar-refractivity contribution in [1.82, 2.24) is 4.98 Å². The fourth-order valence-electron chi connectivity index (χ4n) is 1.46. The monoisotopic (exact) mass is 263 g/mol. The Kier molecular flexibility index (Phi) is 3.38. The fourth-order valence-corrected chi connectivity index (χ4v) is 1.46. The maximum absolute atomic E-state index is 12.6. The number of hydrogen-bond donors (Lipinski definition) is 1. The largest absolute Gasteiger partial charge is 0.433 e. The zero-order valence-corrected chi connectivity index (χ0v) is 9.57. The lowest BCUT2D eigenvalue weighted by Gasteiger charge is -2.11. The number of nitrogens with one attached hydrogen (secondary N) is 1. The Morgan fingerprint density at radius 2 is 1.74 bits per heavy atom. The van der Waals surface area contributed by atoms with Crippen LogP contribution in [0.3, 0.4) is 0 Å². The smallest absolute Gasteiger partial charge is 0.339 e. The standard InChI is InChI=1S/C13H8F3N3/c14-13(15,16)11-7-6-9(8-17)12(19-11)18-10-4-2-1-3-5-10/h1-7H,(H,18,19). The average Bonchev–Trinajstić information content (AvgIpc) is 2.39. The van der Waals surface area contributed by atoms with E-state index in [0.717, 1.165) is 12.1 Å². The molecule has 1 N–H and O–H groups in total. The summed E-state index contributed by atoms with van der Waals surface area (Å²) in [6.45, 7) is 0. The van der Waals surface area contributed by atoms with Crippen LogP contribution in [0.4, 0.5) is 24.7 Å². The van der Waals surface area contributed by atoms with Crippen LogP contribution < -0.4 is 5.32 Å². The highest BCUT2D eigenvalue weighted by Crippen LogP contribution is 2.30. The highest BCUT2D eigenvalue weighted by molar-refractivity contribution is 5.62. The Hall–Kier alpha value is -2.55. The summed E-state index contributed by atoms with van der Waals surface area (Å²) in [5, 5.41) is 11.6. The van der Waals surface area contributed by atoms with Crippen LogP contribution in [0.1, 0.15) is 11.3 Å². The molecule has 0 aliphatic heterocycles. The Bertz CT molecular complexity index is 615. The molecule has 0 aliphatic carbocycles. The summed E-state index contributed by atoms with van der Waals surface area (Å²) in [6.07, 6.45) is -4.54. The normalized spacial score (nSPS) is 10.8. The van der Waals surface area contributed by atoms with E-state index in [9.17, 15) is 13.2 Å². The third kappa shape index (κ3) is 3.01. The van der Waals surface area contributed by atoms with Gasteiger partial charge in [0.2, 0.25) is 0 Å². The summed E-state index contributed by atoms with van der Waals surface area (Å²) in [4.78, 5) is 3.45. The number of pyridine rings is 1. The van der Waals surface area contributed by atoms with Crippen molar-refractivity contribution in [3.8, 4) is 6.07 Å². The number of benzene rings is 1. The molecule has 3 nitrogen and oxygen atoms in total. The molecule has 0 fully saturated rings. The minimum atomic E-state index is -4.54. The molecule has 2 rings (SSSR count). The SMILES string of the molecule is N#Cc1ccc(C(F)(F)F)nc1Nc1ccccc1. The first-order valence-corrected chi connectivity index (χ1v) is 5.31. The molecule has 1 aromatic carbocycles. The van der Waals surface area contributed by atoms with E-state index in [1.54, 1.807) is 36.4 Å². The number of aromatic nitrogens is 1. The maximum Gasteiger partial charge on any atom is 0.433 e. The van der Waals surface area contributed by atoms with Crippen molar-refractivity contribution in [3.05, 3.63) is 53.7 Å². The van der Waals surface area contributed by atoms with Gasteiger partial charge in [-0.05, 0) is 24.3 Å². The van der Waals surface area contributed by atoms with Crippen molar-refractivity contribution < 1.29 is 13.2 Å². The molecule has 19 heavy (non-hydrogen) atoms. The summed E-state index contributed by atoms with van der Waals surface area (Å²) < 4.78 is 37.7. The quantitative estimate of drug-likeness (QED) is 0.898. The Morgan fingerprint density at radius 3 is 2.32 bits per heavy atom. The number of anilines is 2. The molecule has 0 saturated carbocycles. The highest BCUT2D eigenvalue weighted by atomic mass is 19.4. The van der Waals surface area contributed by atoms with Crippen molar-refractivity contribution in [2.24, 2.45) is 0 Å². The predicted octanol–water partition coefficient (Wildman–Crippen LogP) is 3.72. The Balaban J connectivity index is 2.41. The molecule has 0 aliphatic rings. The molecule has 2 aromatic rings. The summed E-state index contributed by atoms with van der Waals surface area (Å²) in [6, 6.07) is 12.2. The summed E-state index contributed by atoms with van der Waals surface area (Å²) >= 11 is 0. The summed E-state index contributed by atoms with van der Waals surface area (Å²) in [7, 11) is 0. The van der Waals surface area contributed by atoms with Gasteiger partial charge in [0.15, 0.2) is 0 Å². The minimum Gasteiger partial charge on any atom is -0.339 e. The molecule has 96 valence electrons. The van der Waals surface area contributed by atoms with Crippen LogP contribution in [0.5, 0.6) is 0 Å². The lowest BCUT2D eigenvalue weighted by atomic mass is 10.2. The number of rotatable bonds is 2. The molecule has 0 unspecified atom stereocenters. The first-order valence-electron chi connectivity index (χ1n) is 5.31. The van der Waals surface area contributed by atoms with Gasteiger partial charge >= 0.3 is 6.18 Å². The van der Waals surface area contributed by atoms with Crippen LogP contribution >= 0.6 is 0 Å². The number of alkyl halides is 3. The molecule has 0 bridgehead atoms. The number of nitrogens with zero attached hydrogens (tertiary/aromatic N) is 2. The molecule has 6 heteroatoms. The van der Waals surface area contributed by atoms with Gasteiger partial charge in [-0.2, -0.15) is 18.4 Å². The van der Waals surface area contributed by atoms with Gasteiger partial charge in [0.25, 0.3) is 0 Å². The van der Waals surface area contributed by atoms with Crippen molar-refractivity contribution in [2.45, 2.75) is 6.18 Å². The number of nitriles is 1. The second kappa shape index (κ2) is 4.98. The third-order valence-electron chi connectivity index (χ3n) is 2.34. The highest BCUT2D eigenvalue weighted by Gasteiger charge is 2.33.